The Hall–Kier alpha value is -2.20. The fourth-order valence-electron chi connectivity index (χ4n) is 2.14. The lowest BCUT2D eigenvalue weighted by Crippen LogP contribution is -2.17. The van der Waals surface area contributed by atoms with Crippen LogP contribution in [0.3, 0.4) is 0 Å². The normalized spacial score (nSPS) is 12.8. The zero-order valence-electron chi connectivity index (χ0n) is 11.3. The molecular weight excluding hydrogens is 290 g/mol. The third kappa shape index (κ3) is 3.28. The number of hydrogen-bond donors (Lipinski definition) is 1. The van der Waals surface area contributed by atoms with Crippen LogP contribution in [-0.2, 0) is 11.2 Å². The highest BCUT2D eigenvalue weighted by Crippen LogP contribution is 2.37. The first-order chi connectivity index (χ1) is 10.2. The van der Waals surface area contributed by atoms with Gasteiger partial charge in [0.25, 0.3) is 0 Å². The number of hydrogen-bond acceptors (Lipinski definition) is 3. The molecule has 0 bridgehead atoms. The lowest BCUT2D eigenvalue weighted by atomic mass is 10.1. The van der Waals surface area contributed by atoms with Crippen molar-refractivity contribution in [1.29, 1.82) is 0 Å². The smallest absolute Gasteiger partial charge is 0.228 e. The zero-order chi connectivity index (χ0) is 14.7. The van der Waals surface area contributed by atoms with Crippen molar-refractivity contribution >= 4 is 23.2 Å². The molecule has 0 saturated carbocycles. The summed E-state index contributed by atoms with van der Waals surface area (Å²) in [4.78, 5) is 12.1. The van der Waals surface area contributed by atoms with E-state index < -0.39 is 0 Å². The van der Waals surface area contributed by atoms with Crippen LogP contribution in [0, 0.1) is 0 Å². The van der Waals surface area contributed by atoms with Crippen molar-refractivity contribution in [2.45, 2.75) is 6.42 Å². The van der Waals surface area contributed by atoms with E-state index in [-0.39, 0.29) is 5.91 Å². The summed E-state index contributed by atoms with van der Waals surface area (Å²) in [7, 11) is 0. The quantitative estimate of drug-likeness (QED) is 0.946. The topological polar surface area (TPSA) is 47.6 Å². The summed E-state index contributed by atoms with van der Waals surface area (Å²) in [5, 5.41) is 3.23. The average molecular weight is 304 g/mol. The van der Waals surface area contributed by atoms with E-state index in [4.69, 9.17) is 21.1 Å². The Morgan fingerprint density at radius 1 is 1.10 bits per heavy atom. The Kier molecular flexibility index (Phi) is 3.97. The maximum absolute atomic E-state index is 12.1. The van der Waals surface area contributed by atoms with E-state index in [1.54, 1.807) is 12.1 Å². The molecule has 108 valence electrons. The molecule has 2 aromatic carbocycles. The van der Waals surface area contributed by atoms with Gasteiger partial charge in [-0.15, -0.1) is 0 Å². The van der Waals surface area contributed by atoms with Gasteiger partial charge >= 0.3 is 0 Å². The van der Waals surface area contributed by atoms with Gasteiger partial charge in [-0.25, -0.2) is 0 Å². The Morgan fingerprint density at radius 2 is 1.76 bits per heavy atom. The number of amides is 1. The van der Waals surface area contributed by atoms with Gasteiger partial charge in [0.15, 0.2) is 11.5 Å². The minimum atomic E-state index is -0.125. The van der Waals surface area contributed by atoms with E-state index >= 15 is 0 Å². The monoisotopic (exact) mass is 303 g/mol. The zero-order valence-corrected chi connectivity index (χ0v) is 12.0. The third-order valence-electron chi connectivity index (χ3n) is 3.11. The molecule has 2 aromatic rings. The van der Waals surface area contributed by atoms with Crippen molar-refractivity contribution in [3.63, 3.8) is 0 Å². The molecule has 0 radical (unpaired) electrons. The Balaban J connectivity index is 1.74. The van der Waals surface area contributed by atoms with Crippen molar-refractivity contribution < 1.29 is 14.3 Å². The summed E-state index contributed by atoms with van der Waals surface area (Å²) in [5.41, 5.74) is 1.48. The molecule has 1 heterocycles. The molecule has 0 fully saturated rings. The summed E-state index contributed by atoms with van der Waals surface area (Å²) in [5.74, 6) is 1.08. The minimum Gasteiger partial charge on any atom is -0.486 e. The number of anilines is 1. The van der Waals surface area contributed by atoms with E-state index in [1.165, 1.54) is 0 Å². The second-order valence-electron chi connectivity index (χ2n) is 4.69. The molecule has 0 unspecified atom stereocenters. The van der Waals surface area contributed by atoms with Gasteiger partial charge in [-0.1, -0.05) is 41.9 Å². The molecule has 4 nitrogen and oxygen atoms in total. The van der Waals surface area contributed by atoms with Gasteiger partial charge in [0, 0.05) is 12.1 Å². The maximum atomic E-state index is 12.1. The molecule has 1 aliphatic heterocycles. The summed E-state index contributed by atoms with van der Waals surface area (Å²) >= 11 is 6.16. The van der Waals surface area contributed by atoms with E-state index in [9.17, 15) is 4.79 Å². The van der Waals surface area contributed by atoms with Crippen LogP contribution < -0.4 is 14.8 Å². The van der Waals surface area contributed by atoms with Crippen LogP contribution in [0.15, 0.2) is 42.5 Å². The van der Waals surface area contributed by atoms with Crippen molar-refractivity contribution in [2.75, 3.05) is 18.5 Å². The van der Waals surface area contributed by atoms with E-state index in [0.717, 1.165) is 5.56 Å². The number of rotatable bonds is 3. The predicted octanol–water partition coefficient (Wildman–Crippen LogP) is 3.29. The second-order valence-corrected chi connectivity index (χ2v) is 5.09. The Morgan fingerprint density at radius 3 is 2.48 bits per heavy atom. The number of benzene rings is 2. The third-order valence-corrected chi connectivity index (χ3v) is 3.43. The molecule has 0 saturated heterocycles. The van der Waals surface area contributed by atoms with Gasteiger partial charge in [0.1, 0.15) is 13.2 Å². The van der Waals surface area contributed by atoms with Gasteiger partial charge in [-0.05, 0) is 5.56 Å². The number of carbonyl (C=O) groups excluding carboxylic acids is 1. The number of halogens is 1. The fourth-order valence-corrected chi connectivity index (χ4v) is 2.34. The van der Waals surface area contributed by atoms with Crippen LogP contribution >= 0.6 is 11.6 Å². The molecule has 0 spiro atoms. The molecule has 0 aliphatic carbocycles. The summed E-state index contributed by atoms with van der Waals surface area (Å²) in [6.07, 6.45) is 0.297. The predicted molar refractivity (Wildman–Crippen MR) is 81.2 cm³/mol. The van der Waals surface area contributed by atoms with Crippen LogP contribution in [0.4, 0.5) is 5.69 Å². The molecule has 0 atom stereocenters. The molecule has 3 rings (SSSR count). The Bertz CT molecular complexity index is 658. The lowest BCUT2D eigenvalue weighted by molar-refractivity contribution is -0.115. The maximum Gasteiger partial charge on any atom is 0.228 e. The van der Waals surface area contributed by atoms with Gasteiger partial charge in [0.2, 0.25) is 5.91 Å². The molecule has 5 heteroatoms. The molecule has 1 amide bonds. The van der Waals surface area contributed by atoms with Crippen LogP contribution in [-0.4, -0.2) is 19.1 Å². The van der Waals surface area contributed by atoms with Gasteiger partial charge in [0.05, 0.1) is 17.1 Å². The highest BCUT2D eigenvalue weighted by Gasteiger charge is 2.16. The number of ether oxygens (including phenoxy) is 2. The van der Waals surface area contributed by atoms with Crippen molar-refractivity contribution in [2.24, 2.45) is 0 Å². The van der Waals surface area contributed by atoms with Gasteiger partial charge in [-0.3, -0.25) is 4.79 Å². The van der Waals surface area contributed by atoms with Gasteiger partial charge < -0.3 is 14.8 Å². The van der Waals surface area contributed by atoms with Crippen molar-refractivity contribution in [3.05, 3.63) is 53.1 Å². The molecule has 1 N–H and O–H groups in total. The van der Waals surface area contributed by atoms with E-state index in [2.05, 4.69) is 5.32 Å². The van der Waals surface area contributed by atoms with Crippen LogP contribution in [0.2, 0.25) is 5.02 Å². The average Bonchev–Trinajstić information content (AvgIpc) is 2.49. The summed E-state index contributed by atoms with van der Waals surface area (Å²) in [6.45, 7) is 0.995. The largest absolute Gasteiger partial charge is 0.486 e. The fraction of sp³-hybridized carbons (Fsp3) is 0.188. The molecule has 21 heavy (non-hydrogen) atoms. The first-order valence-corrected chi connectivity index (χ1v) is 7.03. The molecule has 0 aromatic heterocycles. The highest BCUT2D eigenvalue weighted by molar-refractivity contribution is 6.34. The molecular formula is C16H14ClNO3. The standard InChI is InChI=1S/C16H14ClNO3/c17-12-9-14-15(21-7-6-20-14)10-13(12)18-16(19)8-11-4-2-1-3-5-11/h1-5,9-10H,6-8H2,(H,18,19). The number of fused-ring (bicyclic) bond motifs is 1. The van der Waals surface area contributed by atoms with Gasteiger partial charge in [-0.2, -0.15) is 0 Å². The first-order valence-electron chi connectivity index (χ1n) is 6.65. The SMILES string of the molecule is O=C(Cc1ccccc1)Nc1cc2c(cc1Cl)OCCO2. The lowest BCUT2D eigenvalue weighted by Gasteiger charge is -2.20. The molecule has 1 aliphatic rings. The van der Waals surface area contributed by atoms with Crippen LogP contribution in [0.25, 0.3) is 0 Å². The first kappa shape index (κ1) is 13.8. The highest BCUT2D eigenvalue weighted by atomic mass is 35.5. The number of nitrogens with one attached hydrogen (secondary N) is 1. The summed E-state index contributed by atoms with van der Waals surface area (Å²) < 4.78 is 10.9. The number of carbonyl (C=O) groups is 1. The van der Waals surface area contributed by atoms with Crippen LogP contribution in [0.1, 0.15) is 5.56 Å². The van der Waals surface area contributed by atoms with E-state index in [1.807, 2.05) is 30.3 Å². The minimum absolute atomic E-state index is 0.125. The second kappa shape index (κ2) is 6.06. The van der Waals surface area contributed by atoms with Crippen molar-refractivity contribution in [3.8, 4) is 11.5 Å². The van der Waals surface area contributed by atoms with E-state index in [0.29, 0.717) is 41.8 Å². The summed E-state index contributed by atoms with van der Waals surface area (Å²) in [6, 6.07) is 12.9. The van der Waals surface area contributed by atoms with Crippen molar-refractivity contribution in [1.82, 2.24) is 0 Å². The van der Waals surface area contributed by atoms with Crippen LogP contribution in [0.5, 0.6) is 11.5 Å². The Labute approximate surface area is 127 Å².